The minimum atomic E-state index is -0.915. The highest BCUT2D eigenvalue weighted by Crippen LogP contribution is 2.58. The van der Waals surface area contributed by atoms with E-state index in [-0.39, 0.29) is 5.91 Å². The van der Waals surface area contributed by atoms with Crippen LogP contribution in [0.2, 0.25) is 0 Å². The van der Waals surface area contributed by atoms with Gasteiger partial charge in [0.25, 0.3) is 0 Å². The lowest BCUT2D eigenvalue weighted by molar-refractivity contribution is -0.140. The SMILES string of the molecule is Cc1nc(-c2cccc(NC(=O)[C@@H]3[C@@H](C(=O)O)C3(C)C)c2)cs1. The molecule has 1 aliphatic rings. The van der Waals surface area contributed by atoms with Gasteiger partial charge in [0.1, 0.15) is 0 Å². The van der Waals surface area contributed by atoms with Crippen LogP contribution in [-0.2, 0) is 9.59 Å². The quantitative estimate of drug-likeness (QED) is 0.900. The highest BCUT2D eigenvalue weighted by Gasteiger charge is 2.65. The van der Waals surface area contributed by atoms with Crippen molar-refractivity contribution in [3.63, 3.8) is 0 Å². The number of carboxylic acid groups (broad SMARTS) is 1. The summed E-state index contributed by atoms with van der Waals surface area (Å²) in [6, 6.07) is 7.45. The van der Waals surface area contributed by atoms with Gasteiger partial charge in [-0.15, -0.1) is 11.3 Å². The number of thiazole rings is 1. The van der Waals surface area contributed by atoms with E-state index in [9.17, 15) is 14.7 Å². The van der Waals surface area contributed by atoms with Crippen LogP contribution in [0.3, 0.4) is 0 Å². The molecule has 6 heteroatoms. The predicted octanol–water partition coefficient (Wildman–Crippen LogP) is 3.41. The Morgan fingerprint density at radius 2 is 2.04 bits per heavy atom. The van der Waals surface area contributed by atoms with Crippen LogP contribution in [0.5, 0.6) is 0 Å². The number of anilines is 1. The molecule has 1 heterocycles. The lowest BCUT2D eigenvalue weighted by atomic mass is 10.1. The average molecular weight is 330 g/mol. The summed E-state index contributed by atoms with van der Waals surface area (Å²) in [5.74, 6) is -2.27. The molecule has 3 rings (SSSR count). The largest absolute Gasteiger partial charge is 0.481 e. The normalized spacial score (nSPS) is 21.7. The molecule has 0 aliphatic heterocycles. The van der Waals surface area contributed by atoms with Gasteiger partial charge in [0, 0.05) is 16.6 Å². The van der Waals surface area contributed by atoms with E-state index in [1.807, 2.05) is 44.4 Å². The molecule has 120 valence electrons. The van der Waals surface area contributed by atoms with Crippen LogP contribution >= 0.6 is 11.3 Å². The van der Waals surface area contributed by atoms with Gasteiger partial charge in [-0.05, 0) is 24.5 Å². The summed E-state index contributed by atoms with van der Waals surface area (Å²) >= 11 is 1.57. The first-order chi connectivity index (χ1) is 10.8. The predicted molar refractivity (Wildman–Crippen MR) is 89.3 cm³/mol. The fourth-order valence-corrected chi connectivity index (χ4v) is 3.68. The zero-order valence-electron chi connectivity index (χ0n) is 13.2. The fourth-order valence-electron chi connectivity index (χ4n) is 3.06. The Labute approximate surface area is 138 Å². The molecule has 0 saturated heterocycles. The van der Waals surface area contributed by atoms with Crippen molar-refractivity contribution in [1.82, 2.24) is 4.98 Å². The van der Waals surface area contributed by atoms with E-state index >= 15 is 0 Å². The molecule has 1 aliphatic carbocycles. The van der Waals surface area contributed by atoms with E-state index in [1.165, 1.54) is 0 Å². The summed E-state index contributed by atoms with van der Waals surface area (Å²) in [6.45, 7) is 5.57. The minimum Gasteiger partial charge on any atom is -0.481 e. The summed E-state index contributed by atoms with van der Waals surface area (Å²) in [7, 11) is 0. The lowest BCUT2D eigenvalue weighted by Gasteiger charge is -2.07. The van der Waals surface area contributed by atoms with Crippen LogP contribution < -0.4 is 5.32 Å². The molecular weight excluding hydrogens is 312 g/mol. The van der Waals surface area contributed by atoms with Crippen molar-refractivity contribution in [2.24, 2.45) is 17.3 Å². The van der Waals surface area contributed by atoms with E-state index in [1.54, 1.807) is 17.4 Å². The number of aryl methyl sites for hydroxylation is 1. The second-order valence-electron chi connectivity index (χ2n) is 6.44. The van der Waals surface area contributed by atoms with Gasteiger partial charge >= 0.3 is 5.97 Å². The molecule has 1 amide bonds. The maximum atomic E-state index is 12.4. The number of aromatic nitrogens is 1. The minimum absolute atomic E-state index is 0.242. The van der Waals surface area contributed by atoms with E-state index in [0.29, 0.717) is 5.69 Å². The molecule has 0 spiro atoms. The maximum Gasteiger partial charge on any atom is 0.307 e. The first-order valence-electron chi connectivity index (χ1n) is 7.37. The number of nitrogens with one attached hydrogen (secondary N) is 1. The third-order valence-electron chi connectivity index (χ3n) is 4.42. The smallest absolute Gasteiger partial charge is 0.307 e. The Hall–Kier alpha value is -2.21. The van der Waals surface area contributed by atoms with Crippen LogP contribution in [0.15, 0.2) is 29.6 Å². The van der Waals surface area contributed by atoms with Crippen LogP contribution in [0, 0.1) is 24.2 Å². The summed E-state index contributed by atoms with van der Waals surface area (Å²) < 4.78 is 0. The molecular formula is C17H18N2O3S. The van der Waals surface area contributed by atoms with Crippen LogP contribution in [-0.4, -0.2) is 22.0 Å². The van der Waals surface area contributed by atoms with Gasteiger partial charge in [-0.2, -0.15) is 0 Å². The second-order valence-corrected chi connectivity index (χ2v) is 7.50. The third kappa shape index (κ3) is 2.86. The van der Waals surface area contributed by atoms with Gasteiger partial charge < -0.3 is 10.4 Å². The maximum absolute atomic E-state index is 12.4. The van der Waals surface area contributed by atoms with E-state index in [4.69, 9.17) is 0 Å². The van der Waals surface area contributed by atoms with Gasteiger partial charge in [0.05, 0.1) is 22.5 Å². The highest BCUT2D eigenvalue weighted by atomic mass is 32.1. The molecule has 0 radical (unpaired) electrons. The fraction of sp³-hybridized carbons (Fsp3) is 0.353. The van der Waals surface area contributed by atoms with Crippen molar-refractivity contribution >= 4 is 28.9 Å². The first kappa shape index (κ1) is 15.7. The molecule has 1 aromatic carbocycles. The van der Waals surface area contributed by atoms with Gasteiger partial charge in [0.2, 0.25) is 5.91 Å². The Morgan fingerprint density at radius 3 is 2.61 bits per heavy atom. The van der Waals surface area contributed by atoms with E-state index < -0.39 is 23.2 Å². The van der Waals surface area contributed by atoms with Crippen LogP contribution in [0.4, 0.5) is 5.69 Å². The number of carbonyl (C=O) groups is 2. The number of hydrogen-bond acceptors (Lipinski definition) is 4. The van der Waals surface area contributed by atoms with Crippen molar-refractivity contribution < 1.29 is 14.7 Å². The second kappa shape index (κ2) is 5.45. The number of hydrogen-bond donors (Lipinski definition) is 2. The zero-order valence-corrected chi connectivity index (χ0v) is 14.0. The average Bonchev–Trinajstić information content (AvgIpc) is 2.83. The number of amides is 1. The summed E-state index contributed by atoms with van der Waals surface area (Å²) in [4.78, 5) is 28.0. The number of rotatable bonds is 4. The highest BCUT2D eigenvalue weighted by molar-refractivity contribution is 7.09. The molecule has 0 bridgehead atoms. The molecule has 1 aromatic heterocycles. The Bertz CT molecular complexity index is 782. The van der Waals surface area contributed by atoms with Gasteiger partial charge in [-0.1, -0.05) is 26.0 Å². The lowest BCUT2D eigenvalue weighted by Crippen LogP contribution is -2.17. The Kier molecular flexibility index (Phi) is 3.72. The molecule has 1 fully saturated rings. The van der Waals surface area contributed by atoms with Crippen LogP contribution in [0.25, 0.3) is 11.3 Å². The molecule has 2 N–H and O–H groups in total. The number of aliphatic carboxylic acids is 1. The van der Waals surface area contributed by atoms with Gasteiger partial charge in [-0.3, -0.25) is 9.59 Å². The zero-order chi connectivity index (χ0) is 16.8. The van der Waals surface area contributed by atoms with Gasteiger partial charge in [-0.25, -0.2) is 4.98 Å². The molecule has 0 unspecified atom stereocenters. The van der Waals surface area contributed by atoms with Crippen LogP contribution in [0.1, 0.15) is 18.9 Å². The Balaban J connectivity index is 1.76. The number of benzene rings is 1. The molecule has 2 aromatic rings. The van der Waals surface area contributed by atoms with Crippen molar-refractivity contribution in [3.8, 4) is 11.3 Å². The summed E-state index contributed by atoms with van der Waals surface area (Å²) in [6.07, 6.45) is 0. The third-order valence-corrected chi connectivity index (χ3v) is 5.19. The monoisotopic (exact) mass is 330 g/mol. The summed E-state index contributed by atoms with van der Waals surface area (Å²) in [5, 5.41) is 15.0. The number of nitrogens with zero attached hydrogens (tertiary/aromatic N) is 1. The van der Waals surface area contributed by atoms with E-state index in [2.05, 4.69) is 10.3 Å². The van der Waals surface area contributed by atoms with Crippen molar-refractivity contribution in [2.75, 3.05) is 5.32 Å². The topological polar surface area (TPSA) is 79.3 Å². The number of carboxylic acids is 1. The summed E-state index contributed by atoms with van der Waals surface area (Å²) in [5.41, 5.74) is 1.96. The van der Waals surface area contributed by atoms with E-state index in [0.717, 1.165) is 16.3 Å². The standard InChI is InChI=1S/C17H18N2O3S/c1-9-18-12(8-23-9)10-5-4-6-11(7-10)19-15(20)13-14(16(21)22)17(13,2)3/h4-8,13-14H,1-3H3,(H,19,20)(H,21,22)/t13-,14-/m0/s1. The van der Waals surface area contributed by atoms with Crippen molar-refractivity contribution in [3.05, 3.63) is 34.7 Å². The van der Waals surface area contributed by atoms with Gasteiger partial charge in [0.15, 0.2) is 0 Å². The number of carbonyl (C=O) groups excluding carboxylic acids is 1. The molecule has 23 heavy (non-hydrogen) atoms. The first-order valence-corrected chi connectivity index (χ1v) is 8.25. The molecule has 1 saturated carbocycles. The van der Waals surface area contributed by atoms with Crippen molar-refractivity contribution in [2.45, 2.75) is 20.8 Å². The molecule has 2 atom stereocenters. The van der Waals surface area contributed by atoms with Crippen molar-refractivity contribution in [1.29, 1.82) is 0 Å². The molecule has 5 nitrogen and oxygen atoms in total. The Morgan fingerprint density at radius 1 is 1.30 bits per heavy atom.